The molecule has 1 saturated carbocycles. The van der Waals surface area contributed by atoms with Gasteiger partial charge in [0.15, 0.2) is 5.16 Å². The fourth-order valence-corrected chi connectivity index (χ4v) is 4.12. The second kappa shape index (κ2) is 9.92. The molecule has 8 heteroatoms. The molecule has 0 amide bonds. The molecule has 1 aromatic heterocycles. The number of thioether (sulfide) groups is 1. The first-order valence-electron chi connectivity index (χ1n) is 9.27. The number of aromatic nitrogens is 2. The Balaban J connectivity index is 1.94. The Hall–Kier alpha value is -1.83. The topological polar surface area (TPSA) is 98.4 Å². The van der Waals surface area contributed by atoms with E-state index in [4.69, 9.17) is 4.74 Å². The lowest BCUT2D eigenvalue weighted by Gasteiger charge is -2.36. The van der Waals surface area contributed by atoms with Gasteiger partial charge in [0.2, 0.25) is 0 Å². The molecule has 0 unspecified atom stereocenters. The van der Waals surface area contributed by atoms with E-state index in [9.17, 15) is 14.4 Å². The molecule has 1 N–H and O–H groups in total. The number of nitrogens with zero attached hydrogens (tertiary/aromatic N) is 1. The molecule has 0 bridgehead atoms. The lowest BCUT2D eigenvalue weighted by molar-refractivity contribution is -0.152. The van der Waals surface area contributed by atoms with Crippen molar-refractivity contribution in [1.82, 2.24) is 9.97 Å². The molecule has 7 nitrogen and oxygen atoms in total. The van der Waals surface area contributed by atoms with E-state index in [0.717, 1.165) is 24.6 Å². The third kappa shape index (κ3) is 6.68. The second-order valence-electron chi connectivity index (χ2n) is 7.44. The number of rotatable bonds is 7. The van der Waals surface area contributed by atoms with E-state index in [1.165, 1.54) is 19.6 Å². The average Bonchev–Trinajstić information content (AvgIpc) is 2.59. The van der Waals surface area contributed by atoms with Crippen LogP contribution in [-0.4, -0.2) is 40.9 Å². The van der Waals surface area contributed by atoms with Crippen LogP contribution in [0.25, 0.3) is 0 Å². The van der Waals surface area contributed by atoms with Gasteiger partial charge in [0.05, 0.1) is 25.0 Å². The predicted octanol–water partition coefficient (Wildman–Crippen LogP) is 2.58. The lowest BCUT2D eigenvalue weighted by Crippen LogP contribution is -2.36. The number of esters is 2. The zero-order valence-corrected chi connectivity index (χ0v) is 17.1. The van der Waals surface area contributed by atoms with Crippen LogP contribution in [0.5, 0.6) is 0 Å². The molecule has 1 aromatic rings. The maximum Gasteiger partial charge on any atom is 0.316 e. The molecular formula is C19H28N2O5S. The Kier molecular flexibility index (Phi) is 7.89. The van der Waals surface area contributed by atoms with E-state index in [-0.39, 0.29) is 35.0 Å². The number of hydrogen-bond acceptors (Lipinski definition) is 7. The van der Waals surface area contributed by atoms with Crippen LogP contribution < -0.4 is 5.56 Å². The molecule has 3 atom stereocenters. The number of ether oxygens (including phenoxy) is 2. The Morgan fingerprint density at radius 1 is 1.33 bits per heavy atom. The predicted molar refractivity (Wildman–Crippen MR) is 103 cm³/mol. The maximum absolute atomic E-state index is 12.3. The molecule has 0 radical (unpaired) electrons. The number of hydrogen-bond donors (Lipinski definition) is 1. The van der Waals surface area contributed by atoms with Crippen LogP contribution >= 0.6 is 11.8 Å². The molecule has 1 aliphatic rings. The SMILES string of the molecule is COC(=O)Cc1cc(=O)[nH]c(SCC(=O)O[C@@H]2C[C@@H](C)CC[C@H]2C(C)C)n1. The van der Waals surface area contributed by atoms with Crippen molar-refractivity contribution in [2.45, 2.75) is 57.7 Å². The minimum absolute atomic E-state index is 0.0559. The first-order chi connectivity index (χ1) is 12.8. The van der Waals surface area contributed by atoms with Gasteiger partial charge < -0.3 is 14.5 Å². The van der Waals surface area contributed by atoms with Crippen molar-refractivity contribution in [3.63, 3.8) is 0 Å². The summed E-state index contributed by atoms with van der Waals surface area (Å²) in [6.45, 7) is 6.52. The zero-order valence-electron chi connectivity index (χ0n) is 16.3. The van der Waals surface area contributed by atoms with E-state index >= 15 is 0 Å². The normalized spacial score (nSPS) is 22.5. The Morgan fingerprint density at radius 2 is 2.07 bits per heavy atom. The maximum atomic E-state index is 12.3. The number of aromatic amines is 1. The van der Waals surface area contributed by atoms with Crippen molar-refractivity contribution in [1.29, 1.82) is 0 Å². The highest BCUT2D eigenvalue weighted by Crippen LogP contribution is 2.35. The van der Waals surface area contributed by atoms with E-state index in [1.807, 2.05) is 0 Å². The zero-order chi connectivity index (χ0) is 20.0. The lowest BCUT2D eigenvalue weighted by atomic mass is 9.75. The number of carbonyl (C=O) groups is 2. The summed E-state index contributed by atoms with van der Waals surface area (Å²) in [6.07, 6.45) is 3.00. The molecular weight excluding hydrogens is 368 g/mol. The van der Waals surface area contributed by atoms with Crippen LogP contribution in [-0.2, 0) is 25.5 Å². The van der Waals surface area contributed by atoms with Crippen LogP contribution in [0.3, 0.4) is 0 Å². The summed E-state index contributed by atoms with van der Waals surface area (Å²) in [5.41, 5.74) is -0.0665. The number of H-pyrrole nitrogens is 1. The first-order valence-corrected chi connectivity index (χ1v) is 10.3. The van der Waals surface area contributed by atoms with Crippen LogP contribution in [0.1, 0.15) is 45.7 Å². The Bertz CT molecular complexity index is 718. The summed E-state index contributed by atoms with van der Waals surface area (Å²) in [4.78, 5) is 42.1. The summed E-state index contributed by atoms with van der Waals surface area (Å²) in [5, 5.41) is 0.288. The molecule has 27 heavy (non-hydrogen) atoms. The molecule has 1 aliphatic carbocycles. The van der Waals surface area contributed by atoms with Crippen molar-refractivity contribution >= 4 is 23.7 Å². The van der Waals surface area contributed by atoms with Gasteiger partial charge in [0, 0.05) is 6.07 Å². The van der Waals surface area contributed by atoms with E-state index in [2.05, 4.69) is 35.5 Å². The van der Waals surface area contributed by atoms with Gasteiger partial charge in [-0.25, -0.2) is 4.98 Å². The van der Waals surface area contributed by atoms with Gasteiger partial charge in [-0.1, -0.05) is 39.0 Å². The summed E-state index contributed by atoms with van der Waals surface area (Å²) in [6, 6.07) is 1.25. The monoisotopic (exact) mass is 396 g/mol. The number of methoxy groups -OCH3 is 1. The average molecular weight is 397 g/mol. The molecule has 2 rings (SSSR count). The third-order valence-electron chi connectivity index (χ3n) is 4.90. The summed E-state index contributed by atoms with van der Waals surface area (Å²) >= 11 is 1.10. The highest BCUT2D eigenvalue weighted by molar-refractivity contribution is 7.99. The van der Waals surface area contributed by atoms with Crippen LogP contribution in [0, 0.1) is 17.8 Å². The van der Waals surface area contributed by atoms with Crippen LogP contribution in [0.4, 0.5) is 0 Å². The Labute approximate surface area is 163 Å². The van der Waals surface area contributed by atoms with Gasteiger partial charge in [0.25, 0.3) is 5.56 Å². The number of carbonyl (C=O) groups excluding carboxylic acids is 2. The van der Waals surface area contributed by atoms with Gasteiger partial charge in [-0.2, -0.15) is 0 Å². The fraction of sp³-hybridized carbons (Fsp3) is 0.684. The van der Waals surface area contributed by atoms with E-state index in [1.54, 1.807) is 0 Å². The smallest absolute Gasteiger partial charge is 0.316 e. The summed E-state index contributed by atoms with van der Waals surface area (Å²) in [5.74, 6) is 0.673. The number of nitrogens with one attached hydrogen (secondary N) is 1. The first kappa shape index (κ1) is 21.5. The molecule has 1 heterocycles. The van der Waals surface area contributed by atoms with Gasteiger partial charge in [0.1, 0.15) is 6.10 Å². The van der Waals surface area contributed by atoms with Crippen molar-refractivity contribution in [3.05, 3.63) is 22.1 Å². The van der Waals surface area contributed by atoms with Crippen LogP contribution in [0.15, 0.2) is 16.0 Å². The second-order valence-corrected chi connectivity index (χ2v) is 8.40. The molecule has 0 spiro atoms. The van der Waals surface area contributed by atoms with Crippen molar-refractivity contribution in [3.8, 4) is 0 Å². The molecule has 1 fully saturated rings. The minimum Gasteiger partial charge on any atom is -0.469 e. The molecule has 0 aliphatic heterocycles. The fourth-order valence-electron chi connectivity index (χ4n) is 3.44. The van der Waals surface area contributed by atoms with Crippen molar-refractivity contribution in [2.24, 2.45) is 17.8 Å². The molecule has 0 saturated heterocycles. The quantitative estimate of drug-likeness (QED) is 0.430. The largest absolute Gasteiger partial charge is 0.469 e. The van der Waals surface area contributed by atoms with Crippen molar-refractivity contribution < 1.29 is 19.1 Å². The van der Waals surface area contributed by atoms with E-state index < -0.39 is 5.97 Å². The highest BCUT2D eigenvalue weighted by Gasteiger charge is 2.33. The van der Waals surface area contributed by atoms with Gasteiger partial charge in [-0.05, 0) is 30.6 Å². The standard InChI is InChI=1S/C19H28N2O5S/c1-11(2)14-6-5-12(3)7-15(14)26-18(24)10-27-19-20-13(8-16(22)21-19)9-17(23)25-4/h8,11-12,14-15H,5-7,9-10H2,1-4H3,(H,20,21,22)/t12-,14-,15+/m0/s1. The Morgan fingerprint density at radius 3 is 2.74 bits per heavy atom. The third-order valence-corrected chi connectivity index (χ3v) is 5.74. The highest BCUT2D eigenvalue weighted by atomic mass is 32.2. The van der Waals surface area contributed by atoms with Gasteiger partial charge in [-0.3, -0.25) is 14.4 Å². The molecule has 0 aromatic carbocycles. The molecule has 150 valence electrons. The summed E-state index contributed by atoms with van der Waals surface area (Å²) in [7, 11) is 1.28. The van der Waals surface area contributed by atoms with Gasteiger partial charge in [-0.15, -0.1) is 0 Å². The van der Waals surface area contributed by atoms with Crippen molar-refractivity contribution in [2.75, 3.05) is 12.9 Å². The minimum atomic E-state index is -0.477. The van der Waals surface area contributed by atoms with Gasteiger partial charge >= 0.3 is 11.9 Å². The van der Waals surface area contributed by atoms with Crippen LogP contribution in [0.2, 0.25) is 0 Å². The van der Waals surface area contributed by atoms with E-state index in [0.29, 0.717) is 23.4 Å². The summed E-state index contributed by atoms with van der Waals surface area (Å²) < 4.78 is 10.3.